The van der Waals surface area contributed by atoms with Crippen molar-refractivity contribution < 1.29 is 23.4 Å². The van der Waals surface area contributed by atoms with Gasteiger partial charge in [-0.25, -0.2) is 9.78 Å². The van der Waals surface area contributed by atoms with Crippen molar-refractivity contribution in [1.29, 1.82) is 0 Å². The van der Waals surface area contributed by atoms with Gasteiger partial charge in [-0.3, -0.25) is 4.79 Å². The fraction of sp³-hybridized carbons (Fsp3) is 0.143. The van der Waals surface area contributed by atoms with Gasteiger partial charge < -0.3 is 18.6 Å². The van der Waals surface area contributed by atoms with Crippen LogP contribution in [0.2, 0.25) is 0 Å². The first-order valence-corrected chi connectivity index (χ1v) is 13.8. The number of esters is 1. The van der Waals surface area contributed by atoms with Crippen LogP contribution in [0.15, 0.2) is 75.0 Å². The lowest BCUT2D eigenvalue weighted by atomic mass is 10.2. The second-order valence-corrected chi connectivity index (χ2v) is 10.7. The van der Waals surface area contributed by atoms with Gasteiger partial charge in [-0.1, -0.05) is 18.2 Å². The first-order chi connectivity index (χ1) is 18.8. The minimum atomic E-state index is -0.760. The molecule has 1 atom stereocenters. The van der Waals surface area contributed by atoms with Crippen molar-refractivity contribution in [2.45, 2.75) is 13.0 Å². The van der Waals surface area contributed by atoms with Crippen LogP contribution in [0.3, 0.4) is 0 Å². The predicted molar refractivity (Wildman–Crippen MR) is 165 cm³/mol. The summed E-state index contributed by atoms with van der Waals surface area (Å²) in [6.45, 7) is 1.63. The molecular formula is C28H21I2N3O6. The van der Waals surface area contributed by atoms with Gasteiger partial charge in [0.25, 0.3) is 5.56 Å². The number of halogens is 2. The van der Waals surface area contributed by atoms with E-state index in [4.69, 9.17) is 23.6 Å². The Morgan fingerprint density at radius 1 is 1.05 bits per heavy atom. The molecule has 39 heavy (non-hydrogen) atoms. The van der Waals surface area contributed by atoms with Gasteiger partial charge in [0, 0.05) is 0 Å². The third-order valence-electron chi connectivity index (χ3n) is 5.89. The number of carbonyl (C=O) groups excluding carboxylic acids is 1. The molecule has 0 aliphatic heterocycles. The molecule has 0 aliphatic rings. The zero-order valence-corrected chi connectivity index (χ0v) is 25.3. The Hall–Kier alpha value is -3.46. The van der Waals surface area contributed by atoms with Crippen LogP contribution in [0.4, 0.5) is 0 Å². The number of para-hydroxylation sites is 1. The Morgan fingerprint density at radius 2 is 1.79 bits per heavy atom. The lowest BCUT2D eigenvalue weighted by molar-refractivity contribution is -0.147. The maximum atomic E-state index is 13.6. The van der Waals surface area contributed by atoms with Gasteiger partial charge in [0.05, 0.1) is 43.9 Å². The SMILES string of the molecule is COC(=O)[C@H](C)Oc1c(I)cc(C=Nn2c(-c3cc4c(OC)cccc4o3)nc3ccccc3c2=O)cc1I. The molecule has 198 valence electrons. The zero-order valence-electron chi connectivity index (χ0n) is 21.0. The normalized spacial score (nSPS) is 12.2. The van der Waals surface area contributed by atoms with E-state index in [9.17, 15) is 9.59 Å². The molecule has 0 radical (unpaired) electrons. The van der Waals surface area contributed by atoms with E-state index in [2.05, 4.69) is 50.3 Å². The number of ether oxygens (including phenoxy) is 3. The monoisotopic (exact) mass is 749 g/mol. The van der Waals surface area contributed by atoms with E-state index in [1.54, 1.807) is 44.5 Å². The van der Waals surface area contributed by atoms with Crippen molar-refractivity contribution in [3.05, 3.63) is 83.7 Å². The number of furan rings is 1. The Balaban J connectivity index is 1.60. The van der Waals surface area contributed by atoms with Gasteiger partial charge in [0.2, 0.25) is 5.82 Å². The minimum Gasteiger partial charge on any atom is -0.496 e. The van der Waals surface area contributed by atoms with Gasteiger partial charge in [0.1, 0.15) is 17.1 Å². The van der Waals surface area contributed by atoms with Crippen LogP contribution in [-0.4, -0.2) is 42.2 Å². The average molecular weight is 749 g/mol. The number of rotatable bonds is 7. The summed E-state index contributed by atoms with van der Waals surface area (Å²) in [5.41, 5.74) is 1.51. The molecule has 5 rings (SSSR count). The van der Waals surface area contributed by atoms with Crippen molar-refractivity contribution in [3.8, 4) is 23.1 Å². The van der Waals surface area contributed by atoms with E-state index in [1.807, 2.05) is 36.4 Å². The molecule has 2 heterocycles. The molecule has 5 aromatic rings. The molecule has 0 aliphatic carbocycles. The van der Waals surface area contributed by atoms with Crippen LogP contribution < -0.4 is 15.0 Å². The molecular weight excluding hydrogens is 728 g/mol. The first-order valence-electron chi connectivity index (χ1n) is 11.7. The van der Waals surface area contributed by atoms with Gasteiger partial charge in [0.15, 0.2) is 11.9 Å². The number of benzene rings is 3. The van der Waals surface area contributed by atoms with Crippen molar-refractivity contribution in [1.82, 2.24) is 9.66 Å². The van der Waals surface area contributed by atoms with Crippen molar-refractivity contribution in [2.24, 2.45) is 5.10 Å². The molecule has 3 aromatic carbocycles. The fourth-order valence-corrected chi connectivity index (χ4v) is 6.07. The highest BCUT2D eigenvalue weighted by Crippen LogP contribution is 2.33. The summed E-state index contributed by atoms with van der Waals surface area (Å²) in [6, 6.07) is 18.1. The Bertz CT molecular complexity index is 1790. The Kier molecular flexibility index (Phi) is 7.88. The zero-order chi connectivity index (χ0) is 27.7. The highest BCUT2D eigenvalue weighted by Gasteiger charge is 2.20. The topological polar surface area (TPSA) is 105 Å². The molecule has 0 spiro atoms. The number of fused-ring (bicyclic) bond motifs is 2. The summed E-state index contributed by atoms with van der Waals surface area (Å²) in [6.07, 6.45) is 0.811. The van der Waals surface area contributed by atoms with E-state index in [1.165, 1.54) is 11.8 Å². The van der Waals surface area contributed by atoms with Crippen LogP contribution in [0, 0.1) is 7.14 Å². The van der Waals surface area contributed by atoms with Crippen molar-refractivity contribution in [3.63, 3.8) is 0 Å². The summed E-state index contributed by atoms with van der Waals surface area (Å²) < 4.78 is 24.9. The van der Waals surface area contributed by atoms with Crippen LogP contribution in [0.1, 0.15) is 12.5 Å². The van der Waals surface area contributed by atoms with E-state index in [0.717, 1.165) is 18.1 Å². The second kappa shape index (κ2) is 11.3. The maximum absolute atomic E-state index is 13.6. The Morgan fingerprint density at radius 3 is 2.51 bits per heavy atom. The van der Waals surface area contributed by atoms with Gasteiger partial charge in [-0.05, 0) is 100 Å². The third kappa shape index (κ3) is 5.37. The summed E-state index contributed by atoms with van der Waals surface area (Å²) >= 11 is 4.26. The number of hydrogen-bond acceptors (Lipinski definition) is 8. The molecule has 0 saturated carbocycles. The largest absolute Gasteiger partial charge is 0.496 e. The number of methoxy groups -OCH3 is 2. The van der Waals surface area contributed by atoms with Crippen molar-refractivity contribution >= 4 is 79.2 Å². The summed E-state index contributed by atoms with van der Waals surface area (Å²) in [7, 11) is 2.91. The number of aromatic nitrogens is 2. The van der Waals surface area contributed by atoms with Crippen LogP contribution >= 0.6 is 45.2 Å². The van der Waals surface area contributed by atoms with E-state index >= 15 is 0 Å². The molecule has 0 amide bonds. The van der Waals surface area contributed by atoms with Crippen LogP contribution in [0.5, 0.6) is 11.5 Å². The van der Waals surface area contributed by atoms with Crippen molar-refractivity contribution in [2.75, 3.05) is 14.2 Å². The first kappa shape index (κ1) is 27.1. The lowest BCUT2D eigenvalue weighted by Gasteiger charge is -2.15. The molecule has 0 N–H and O–H groups in total. The molecule has 9 nitrogen and oxygen atoms in total. The molecule has 0 saturated heterocycles. The fourth-order valence-electron chi connectivity index (χ4n) is 3.99. The van der Waals surface area contributed by atoms with Crippen LogP contribution in [-0.2, 0) is 9.53 Å². The Labute approximate surface area is 250 Å². The quantitative estimate of drug-likeness (QED) is 0.117. The minimum absolute atomic E-state index is 0.254. The average Bonchev–Trinajstić information content (AvgIpc) is 3.38. The maximum Gasteiger partial charge on any atom is 0.346 e. The second-order valence-electron chi connectivity index (χ2n) is 8.39. The van der Waals surface area contributed by atoms with E-state index in [0.29, 0.717) is 33.7 Å². The van der Waals surface area contributed by atoms with E-state index < -0.39 is 12.1 Å². The van der Waals surface area contributed by atoms with Crippen LogP contribution in [0.25, 0.3) is 33.5 Å². The van der Waals surface area contributed by atoms with E-state index in [-0.39, 0.29) is 11.4 Å². The predicted octanol–water partition coefficient (Wildman–Crippen LogP) is 5.85. The number of nitrogens with zero attached hydrogens (tertiary/aromatic N) is 3. The number of hydrogen-bond donors (Lipinski definition) is 0. The summed E-state index contributed by atoms with van der Waals surface area (Å²) in [5, 5.41) is 5.72. The lowest BCUT2D eigenvalue weighted by Crippen LogP contribution is -2.25. The molecule has 0 unspecified atom stereocenters. The van der Waals surface area contributed by atoms with Gasteiger partial charge in [-0.15, -0.1) is 0 Å². The summed E-state index contributed by atoms with van der Waals surface area (Å²) in [4.78, 5) is 30.1. The highest BCUT2D eigenvalue weighted by molar-refractivity contribution is 14.1. The van der Waals surface area contributed by atoms with Gasteiger partial charge >= 0.3 is 5.97 Å². The third-order valence-corrected chi connectivity index (χ3v) is 7.49. The smallest absolute Gasteiger partial charge is 0.346 e. The standard InChI is InChI=1S/C28H21I2N3O6/c1-15(28(35)37-3)38-25-19(29)11-16(12-20(25)30)14-31-33-26(32-21-8-5-4-7-17(21)27(33)34)24-13-18-22(36-2)9-6-10-23(18)39-24/h4-15H,1-3H3/t15-/m0/s1. The highest BCUT2D eigenvalue weighted by atomic mass is 127. The van der Waals surface area contributed by atoms with Gasteiger partial charge in [-0.2, -0.15) is 9.78 Å². The molecule has 0 bridgehead atoms. The summed E-state index contributed by atoms with van der Waals surface area (Å²) in [5.74, 6) is 1.37. The molecule has 11 heteroatoms. The molecule has 0 fully saturated rings. The molecule has 2 aromatic heterocycles. The number of carbonyl (C=O) groups is 1.